The van der Waals surface area contributed by atoms with E-state index in [9.17, 15) is 4.79 Å². The van der Waals surface area contributed by atoms with Gasteiger partial charge in [0.05, 0.1) is 6.10 Å². The highest BCUT2D eigenvalue weighted by Crippen LogP contribution is 2.38. The Morgan fingerprint density at radius 2 is 1.83 bits per heavy atom. The van der Waals surface area contributed by atoms with Gasteiger partial charge in [-0.1, -0.05) is 0 Å². The maximum atomic E-state index is 12.3. The average molecular weight is 248 g/mol. The van der Waals surface area contributed by atoms with Crippen LogP contribution in [0.15, 0.2) is 24.3 Å². The predicted molar refractivity (Wildman–Crippen MR) is 70.1 cm³/mol. The van der Waals surface area contributed by atoms with Gasteiger partial charge in [-0.3, -0.25) is 4.79 Å². The fourth-order valence-corrected chi connectivity index (χ4v) is 2.24. The Kier molecular flexibility index (Phi) is 3.71. The van der Waals surface area contributed by atoms with Crippen LogP contribution < -0.4 is 4.74 Å². The van der Waals surface area contributed by atoms with E-state index >= 15 is 0 Å². The maximum Gasteiger partial charge on any atom is 0.194 e. The molecule has 0 amide bonds. The highest BCUT2D eigenvalue weighted by Gasteiger charge is 2.44. The van der Waals surface area contributed by atoms with Crippen molar-refractivity contribution in [1.82, 2.24) is 0 Å². The van der Waals surface area contributed by atoms with Gasteiger partial charge in [-0.15, -0.1) is 0 Å². The quantitative estimate of drug-likeness (QED) is 0.750. The zero-order chi connectivity index (χ0) is 13.2. The van der Waals surface area contributed by atoms with Crippen LogP contribution in [0, 0.1) is 0 Å². The molecule has 18 heavy (non-hydrogen) atoms. The summed E-state index contributed by atoms with van der Waals surface area (Å²) in [4.78, 5) is 12.3. The monoisotopic (exact) mass is 248 g/mol. The van der Waals surface area contributed by atoms with Crippen LogP contribution in [0.2, 0.25) is 0 Å². The van der Waals surface area contributed by atoms with E-state index in [-0.39, 0.29) is 11.9 Å². The summed E-state index contributed by atoms with van der Waals surface area (Å²) in [7, 11) is 1.62. The molecule has 0 spiro atoms. The highest BCUT2D eigenvalue weighted by atomic mass is 16.5. The summed E-state index contributed by atoms with van der Waals surface area (Å²) in [6.07, 6.45) is 2.86. The van der Waals surface area contributed by atoms with Crippen molar-refractivity contribution in [3.63, 3.8) is 0 Å². The van der Waals surface area contributed by atoms with E-state index in [1.807, 2.05) is 38.1 Å². The highest BCUT2D eigenvalue weighted by molar-refractivity contribution is 6.03. The molecule has 0 heterocycles. The normalized spacial score (nSPS) is 17.3. The topological polar surface area (TPSA) is 35.5 Å². The van der Waals surface area contributed by atoms with Crippen molar-refractivity contribution in [1.29, 1.82) is 0 Å². The van der Waals surface area contributed by atoms with Gasteiger partial charge in [-0.25, -0.2) is 0 Å². The number of ketones is 1. The number of hydrogen-bond acceptors (Lipinski definition) is 3. The summed E-state index contributed by atoms with van der Waals surface area (Å²) in [5.41, 5.74) is 0.133. The van der Waals surface area contributed by atoms with Crippen molar-refractivity contribution in [3.05, 3.63) is 29.8 Å². The zero-order valence-electron chi connectivity index (χ0n) is 11.2. The van der Waals surface area contributed by atoms with Crippen LogP contribution in [0.25, 0.3) is 0 Å². The number of benzene rings is 1. The van der Waals surface area contributed by atoms with E-state index in [2.05, 4.69) is 0 Å². The van der Waals surface area contributed by atoms with Crippen LogP contribution in [-0.4, -0.2) is 24.6 Å². The minimum Gasteiger partial charge on any atom is -0.491 e. The Morgan fingerprint density at radius 3 is 2.22 bits per heavy atom. The molecule has 0 radical (unpaired) electrons. The molecule has 98 valence electrons. The van der Waals surface area contributed by atoms with Gasteiger partial charge in [-0.05, 0) is 57.4 Å². The molecule has 1 saturated carbocycles. The standard InChI is InChI=1S/C15H20O3/c1-11(2)18-13-7-5-12(6-8-13)14(16)15(17-3)9-4-10-15/h5-8,11H,4,9-10H2,1-3H3. The molecular formula is C15H20O3. The van der Waals surface area contributed by atoms with Gasteiger partial charge < -0.3 is 9.47 Å². The molecule has 0 aliphatic heterocycles. The number of methoxy groups -OCH3 is 1. The fraction of sp³-hybridized carbons (Fsp3) is 0.533. The van der Waals surface area contributed by atoms with Gasteiger partial charge in [0.25, 0.3) is 0 Å². The maximum absolute atomic E-state index is 12.3. The Balaban J connectivity index is 2.12. The van der Waals surface area contributed by atoms with Gasteiger partial charge in [0.15, 0.2) is 5.78 Å². The minimum atomic E-state index is -0.569. The second-order valence-electron chi connectivity index (χ2n) is 5.07. The van der Waals surface area contributed by atoms with Crippen molar-refractivity contribution in [3.8, 4) is 5.75 Å². The molecule has 1 aliphatic carbocycles. The second kappa shape index (κ2) is 5.11. The van der Waals surface area contributed by atoms with E-state index in [0.29, 0.717) is 5.56 Å². The molecule has 0 saturated heterocycles. The molecule has 3 nitrogen and oxygen atoms in total. The molecule has 0 unspecified atom stereocenters. The van der Waals surface area contributed by atoms with E-state index in [4.69, 9.17) is 9.47 Å². The summed E-state index contributed by atoms with van der Waals surface area (Å²) in [6, 6.07) is 7.32. The Bertz CT molecular complexity index is 410. The Morgan fingerprint density at radius 1 is 1.22 bits per heavy atom. The number of rotatable bonds is 5. The molecule has 2 rings (SSSR count). The molecule has 3 heteroatoms. The van der Waals surface area contributed by atoms with Crippen LogP contribution in [0.1, 0.15) is 43.5 Å². The van der Waals surface area contributed by atoms with E-state index in [1.54, 1.807) is 7.11 Å². The van der Waals surface area contributed by atoms with Crippen LogP contribution in [0.3, 0.4) is 0 Å². The average Bonchev–Trinajstić information content (AvgIpc) is 2.28. The van der Waals surface area contributed by atoms with Crippen molar-refractivity contribution in [2.45, 2.75) is 44.8 Å². The summed E-state index contributed by atoms with van der Waals surface area (Å²) >= 11 is 0. The fourth-order valence-electron chi connectivity index (χ4n) is 2.24. The lowest BCUT2D eigenvalue weighted by Gasteiger charge is -2.38. The van der Waals surface area contributed by atoms with Gasteiger partial charge in [0.1, 0.15) is 11.4 Å². The lowest BCUT2D eigenvalue weighted by molar-refractivity contribution is -0.0448. The Hall–Kier alpha value is -1.35. The van der Waals surface area contributed by atoms with Gasteiger partial charge >= 0.3 is 0 Å². The van der Waals surface area contributed by atoms with Crippen LogP contribution in [0.5, 0.6) is 5.75 Å². The summed E-state index contributed by atoms with van der Waals surface area (Å²) in [5.74, 6) is 0.883. The first-order chi connectivity index (χ1) is 8.57. The second-order valence-corrected chi connectivity index (χ2v) is 5.07. The lowest BCUT2D eigenvalue weighted by atomic mass is 9.75. The molecule has 0 aromatic heterocycles. The molecule has 1 aromatic rings. The van der Waals surface area contributed by atoms with E-state index in [0.717, 1.165) is 25.0 Å². The molecule has 0 N–H and O–H groups in total. The van der Waals surface area contributed by atoms with Crippen LogP contribution in [-0.2, 0) is 4.74 Å². The molecule has 1 aromatic carbocycles. The molecule has 1 fully saturated rings. The smallest absolute Gasteiger partial charge is 0.194 e. The first-order valence-electron chi connectivity index (χ1n) is 6.44. The Labute approximate surface area is 108 Å². The van der Waals surface area contributed by atoms with Crippen molar-refractivity contribution < 1.29 is 14.3 Å². The lowest BCUT2D eigenvalue weighted by Crippen LogP contribution is -2.47. The molecular weight excluding hydrogens is 228 g/mol. The number of carbonyl (C=O) groups excluding carboxylic acids is 1. The van der Waals surface area contributed by atoms with E-state index < -0.39 is 5.60 Å². The number of carbonyl (C=O) groups is 1. The largest absolute Gasteiger partial charge is 0.491 e. The zero-order valence-corrected chi connectivity index (χ0v) is 11.2. The van der Waals surface area contributed by atoms with Gasteiger partial charge in [0, 0.05) is 12.7 Å². The van der Waals surface area contributed by atoms with Gasteiger partial charge in [-0.2, -0.15) is 0 Å². The predicted octanol–water partition coefficient (Wildman–Crippen LogP) is 3.23. The van der Waals surface area contributed by atoms with Crippen molar-refractivity contribution in [2.75, 3.05) is 7.11 Å². The van der Waals surface area contributed by atoms with E-state index in [1.165, 1.54) is 0 Å². The minimum absolute atomic E-state index is 0.0901. The SMILES string of the molecule is COC1(C(=O)c2ccc(OC(C)C)cc2)CCC1. The third-order valence-electron chi connectivity index (χ3n) is 3.45. The van der Waals surface area contributed by atoms with Crippen molar-refractivity contribution in [2.24, 2.45) is 0 Å². The summed E-state index contributed by atoms with van der Waals surface area (Å²) < 4.78 is 11.0. The molecule has 1 aliphatic rings. The van der Waals surface area contributed by atoms with Crippen LogP contribution >= 0.6 is 0 Å². The number of ether oxygens (including phenoxy) is 2. The van der Waals surface area contributed by atoms with Gasteiger partial charge in [0.2, 0.25) is 0 Å². The van der Waals surface area contributed by atoms with Crippen LogP contribution in [0.4, 0.5) is 0 Å². The first-order valence-corrected chi connectivity index (χ1v) is 6.44. The molecule has 0 atom stereocenters. The third-order valence-corrected chi connectivity index (χ3v) is 3.45. The first kappa shape index (κ1) is 13.1. The summed E-state index contributed by atoms with van der Waals surface area (Å²) in [5, 5.41) is 0. The molecule has 0 bridgehead atoms. The number of Topliss-reactive ketones (excluding diaryl/α,β-unsaturated/α-hetero) is 1. The summed E-state index contributed by atoms with van der Waals surface area (Å²) in [6.45, 7) is 3.96. The van der Waals surface area contributed by atoms with Crippen molar-refractivity contribution >= 4 is 5.78 Å². The number of hydrogen-bond donors (Lipinski definition) is 0. The third kappa shape index (κ3) is 2.41.